The Balaban J connectivity index is 2.21. The van der Waals surface area contributed by atoms with Crippen LogP contribution in [0.15, 0.2) is 54.6 Å². The zero-order valence-corrected chi connectivity index (χ0v) is 9.10. The van der Waals surface area contributed by atoms with E-state index < -0.39 is 6.04 Å². The standard InChI is InChI=1S/C14H11FN2/c15-12-6-4-5-11(9-12)14(10-16)17-13-7-2-1-3-8-13/h1-9,14,17H. The van der Waals surface area contributed by atoms with Gasteiger partial charge in [-0.25, -0.2) is 4.39 Å². The maximum absolute atomic E-state index is 13.1. The number of hydrogen-bond donors (Lipinski definition) is 1. The summed E-state index contributed by atoms with van der Waals surface area (Å²) in [4.78, 5) is 0. The van der Waals surface area contributed by atoms with Crippen LogP contribution in [0.3, 0.4) is 0 Å². The van der Waals surface area contributed by atoms with Gasteiger partial charge in [0.15, 0.2) is 0 Å². The lowest BCUT2D eigenvalue weighted by atomic mass is 10.1. The number of hydrogen-bond acceptors (Lipinski definition) is 2. The summed E-state index contributed by atoms with van der Waals surface area (Å²) in [6.07, 6.45) is 0. The van der Waals surface area contributed by atoms with E-state index in [4.69, 9.17) is 5.26 Å². The minimum atomic E-state index is -0.548. The maximum atomic E-state index is 13.1. The number of para-hydroxylation sites is 1. The summed E-state index contributed by atoms with van der Waals surface area (Å²) >= 11 is 0. The van der Waals surface area contributed by atoms with E-state index in [1.165, 1.54) is 12.1 Å². The molecule has 2 rings (SSSR count). The van der Waals surface area contributed by atoms with Gasteiger partial charge in [0.05, 0.1) is 6.07 Å². The van der Waals surface area contributed by atoms with E-state index in [-0.39, 0.29) is 5.82 Å². The van der Waals surface area contributed by atoms with Gasteiger partial charge in [-0.3, -0.25) is 0 Å². The van der Waals surface area contributed by atoms with Gasteiger partial charge in [-0.15, -0.1) is 0 Å². The topological polar surface area (TPSA) is 35.8 Å². The van der Waals surface area contributed by atoms with Gasteiger partial charge in [-0.05, 0) is 29.8 Å². The number of nitrogens with zero attached hydrogens (tertiary/aromatic N) is 1. The Morgan fingerprint density at radius 3 is 2.47 bits per heavy atom. The molecular formula is C14H11FN2. The number of rotatable bonds is 3. The molecule has 0 heterocycles. The number of halogens is 1. The van der Waals surface area contributed by atoms with Crippen LogP contribution in [0.4, 0.5) is 10.1 Å². The van der Waals surface area contributed by atoms with E-state index in [2.05, 4.69) is 11.4 Å². The van der Waals surface area contributed by atoms with Crippen LogP contribution in [-0.4, -0.2) is 0 Å². The molecule has 84 valence electrons. The van der Waals surface area contributed by atoms with E-state index in [0.29, 0.717) is 5.56 Å². The monoisotopic (exact) mass is 226 g/mol. The third-order valence-electron chi connectivity index (χ3n) is 2.40. The van der Waals surface area contributed by atoms with Gasteiger partial charge in [0, 0.05) is 5.69 Å². The highest BCUT2D eigenvalue weighted by Gasteiger charge is 2.10. The second kappa shape index (κ2) is 5.13. The molecule has 0 fully saturated rings. The zero-order chi connectivity index (χ0) is 12.1. The normalized spacial score (nSPS) is 11.5. The van der Waals surface area contributed by atoms with Gasteiger partial charge >= 0.3 is 0 Å². The molecule has 0 amide bonds. The van der Waals surface area contributed by atoms with Crippen LogP contribution in [0.25, 0.3) is 0 Å². The Labute approximate surface area is 99.3 Å². The van der Waals surface area contributed by atoms with E-state index in [1.54, 1.807) is 12.1 Å². The maximum Gasteiger partial charge on any atom is 0.140 e. The highest BCUT2D eigenvalue weighted by Crippen LogP contribution is 2.19. The molecule has 1 N–H and O–H groups in total. The van der Waals surface area contributed by atoms with Crippen LogP contribution in [-0.2, 0) is 0 Å². The van der Waals surface area contributed by atoms with E-state index in [0.717, 1.165) is 5.69 Å². The van der Waals surface area contributed by atoms with Crippen LogP contribution in [0.5, 0.6) is 0 Å². The lowest BCUT2D eigenvalue weighted by Gasteiger charge is -2.13. The first-order valence-electron chi connectivity index (χ1n) is 5.26. The van der Waals surface area contributed by atoms with Gasteiger partial charge in [0.25, 0.3) is 0 Å². The SMILES string of the molecule is N#CC(Nc1ccccc1)c1cccc(F)c1. The van der Waals surface area contributed by atoms with Crippen molar-refractivity contribution in [1.82, 2.24) is 0 Å². The predicted molar refractivity (Wildman–Crippen MR) is 64.8 cm³/mol. The molecule has 0 bridgehead atoms. The lowest BCUT2D eigenvalue weighted by Crippen LogP contribution is -2.08. The Hall–Kier alpha value is -2.34. The molecule has 17 heavy (non-hydrogen) atoms. The summed E-state index contributed by atoms with van der Waals surface area (Å²) in [5, 5.41) is 12.1. The van der Waals surface area contributed by atoms with Gasteiger partial charge < -0.3 is 5.32 Å². The largest absolute Gasteiger partial charge is 0.366 e. The number of benzene rings is 2. The Bertz CT molecular complexity index is 531. The minimum Gasteiger partial charge on any atom is -0.366 e. The summed E-state index contributed by atoms with van der Waals surface area (Å²) in [6.45, 7) is 0. The Morgan fingerprint density at radius 2 is 1.82 bits per heavy atom. The van der Waals surface area contributed by atoms with Crippen molar-refractivity contribution >= 4 is 5.69 Å². The fraction of sp³-hybridized carbons (Fsp3) is 0.0714. The quantitative estimate of drug-likeness (QED) is 0.869. The summed E-state index contributed by atoms with van der Waals surface area (Å²) < 4.78 is 13.1. The molecule has 1 atom stereocenters. The van der Waals surface area contributed by atoms with E-state index >= 15 is 0 Å². The average molecular weight is 226 g/mol. The molecular weight excluding hydrogens is 215 g/mol. The van der Waals surface area contributed by atoms with E-state index in [1.807, 2.05) is 30.3 Å². The first-order valence-corrected chi connectivity index (χ1v) is 5.26. The molecule has 0 aliphatic carbocycles. The average Bonchev–Trinajstić information content (AvgIpc) is 2.37. The third kappa shape index (κ3) is 2.82. The molecule has 0 saturated carbocycles. The van der Waals surface area contributed by atoms with Crippen LogP contribution < -0.4 is 5.32 Å². The highest BCUT2D eigenvalue weighted by atomic mass is 19.1. The van der Waals surface area contributed by atoms with Crippen LogP contribution in [0, 0.1) is 17.1 Å². The first kappa shape index (κ1) is 11.2. The molecule has 2 aromatic rings. The molecule has 2 nitrogen and oxygen atoms in total. The van der Waals surface area contributed by atoms with Crippen LogP contribution >= 0.6 is 0 Å². The summed E-state index contributed by atoms with van der Waals surface area (Å²) in [6, 6.07) is 17.0. The second-order valence-corrected chi connectivity index (χ2v) is 3.63. The summed E-state index contributed by atoms with van der Waals surface area (Å²) in [5.41, 5.74) is 1.46. The van der Waals surface area contributed by atoms with Gasteiger partial charge in [-0.1, -0.05) is 30.3 Å². The number of nitrogens with one attached hydrogen (secondary N) is 1. The number of nitriles is 1. The minimum absolute atomic E-state index is 0.336. The molecule has 1 unspecified atom stereocenters. The van der Waals surface area contributed by atoms with Crippen molar-refractivity contribution in [3.63, 3.8) is 0 Å². The van der Waals surface area contributed by atoms with Crippen molar-refractivity contribution in [2.45, 2.75) is 6.04 Å². The smallest absolute Gasteiger partial charge is 0.140 e. The van der Waals surface area contributed by atoms with E-state index in [9.17, 15) is 4.39 Å². The molecule has 0 radical (unpaired) electrons. The Morgan fingerprint density at radius 1 is 1.06 bits per heavy atom. The van der Waals surface area contributed by atoms with Crippen molar-refractivity contribution in [3.05, 3.63) is 66.0 Å². The zero-order valence-electron chi connectivity index (χ0n) is 9.10. The lowest BCUT2D eigenvalue weighted by molar-refractivity contribution is 0.625. The molecule has 0 aliphatic rings. The van der Waals surface area contributed by atoms with Gasteiger partial charge in [-0.2, -0.15) is 5.26 Å². The fourth-order valence-corrected chi connectivity index (χ4v) is 1.58. The fourth-order valence-electron chi connectivity index (χ4n) is 1.58. The Kier molecular flexibility index (Phi) is 3.37. The molecule has 0 saturated heterocycles. The van der Waals surface area contributed by atoms with Crippen LogP contribution in [0.2, 0.25) is 0 Å². The highest BCUT2D eigenvalue weighted by molar-refractivity contribution is 5.47. The predicted octanol–water partition coefficient (Wildman–Crippen LogP) is 3.50. The molecule has 2 aromatic carbocycles. The molecule has 0 spiro atoms. The van der Waals surface area contributed by atoms with Gasteiger partial charge in [0.1, 0.15) is 11.9 Å². The summed E-state index contributed by atoms with van der Waals surface area (Å²) in [7, 11) is 0. The van der Waals surface area contributed by atoms with Crippen molar-refractivity contribution in [2.75, 3.05) is 5.32 Å². The first-order chi connectivity index (χ1) is 8.29. The van der Waals surface area contributed by atoms with Crippen LogP contribution in [0.1, 0.15) is 11.6 Å². The summed E-state index contributed by atoms with van der Waals surface area (Å²) in [5.74, 6) is -0.336. The second-order valence-electron chi connectivity index (χ2n) is 3.63. The van der Waals surface area contributed by atoms with Crippen molar-refractivity contribution < 1.29 is 4.39 Å². The van der Waals surface area contributed by atoms with Crippen molar-refractivity contribution in [2.24, 2.45) is 0 Å². The third-order valence-corrected chi connectivity index (χ3v) is 2.40. The van der Waals surface area contributed by atoms with Crippen molar-refractivity contribution in [1.29, 1.82) is 5.26 Å². The van der Waals surface area contributed by atoms with Crippen molar-refractivity contribution in [3.8, 4) is 6.07 Å². The molecule has 0 aromatic heterocycles. The molecule has 3 heteroatoms. The number of anilines is 1. The van der Waals surface area contributed by atoms with Gasteiger partial charge in [0.2, 0.25) is 0 Å². The molecule has 0 aliphatic heterocycles.